The molecule has 0 aromatic heterocycles. The van der Waals surface area contributed by atoms with E-state index in [9.17, 15) is 4.79 Å². The summed E-state index contributed by atoms with van der Waals surface area (Å²) in [6.45, 7) is 3.66. The lowest BCUT2D eigenvalue weighted by Crippen LogP contribution is -2.22. The molecule has 1 aliphatic heterocycles. The first-order valence-corrected chi connectivity index (χ1v) is 5.25. The number of hydrogen-bond acceptors (Lipinski definition) is 3. The quantitative estimate of drug-likeness (QED) is 0.587. The van der Waals surface area contributed by atoms with Gasteiger partial charge in [-0.2, -0.15) is 0 Å². The van der Waals surface area contributed by atoms with Crippen LogP contribution in [-0.4, -0.2) is 19.1 Å². The summed E-state index contributed by atoms with van der Waals surface area (Å²) in [6, 6.07) is 7.54. The zero-order valence-electron chi connectivity index (χ0n) is 8.82. The molecule has 0 spiro atoms. The van der Waals surface area contributed by atoms with E-state index in [0.29, 0.717) is 5.75 Å². The molecule has 15 heavy (non-hydrogen) atoms. The van der Waals surface area contributed by atoms with Crippen molar-refractivity contribution in [3.8, 4) is 5.75 Å². The van der Waals surface area contributed by atoms with Crippen molar-refractivity contribution in [2.24, 2.45) is 5.92 Å². The Hall–Kier alpha value is -1.35. The second-order valence-corrected chi connectivity index (χ2v) is 3.92. The first kappa shape index (κ1) is 10.2. The monoisotopic (exact) mass is 205 g/mol. The molecule has 0 bridgehead atoms. The Bertz CT molecular complexity index is 339. The minimum absolute atomic E-state index is 0.0197. The minimum Gasteiger partial charge on any atom is -0.426 e. The molecule has 80 valence electrons. The lowest BCUT2D eigenvalue weighted by molar-refractivity contribution is -0.138. The van der Waals surface area contributed by atoms with Crippen molar-refractivity contribution >= 4 is 5.97 Å². The predicted molar refractivity (Wildman–Crippen MR) is 57.8 cm³/mol. The van der Waals surface area contributed by atoms with E-state index in [-0.39, 0.29) is 11.9 Å². The molecular formula is C12H15NO2. The first-order valence-electron chi connectivity index (χ1n) is 5.25. The zero-order valence-corrected chi connectivity index (χ0v) is 8.82. The van der Waals surface area contributed by atoms with Crippen LogP contribution in [0, 0.1) is 12.8 Å². The van der Waals surface area contributed by atoms with Crippen LogP contribution in [0.3, 0.4) is 0 Å². The Labute approximate surface area is 89.4 Å². The van der Waals surface area contributed by atoms with Gasteiger partial charge in [0.2, 0.25) is 0 Å². The second-order valence-electron chi connectivity index (χ2n) is 3.92. The summed E-state index contributed by atoms with van der Waals surface area (Å²) >= 11 is 0. The van der Waals surface area contributed by atoms with Crippen molar-refractivity contribution in [1.29, 1.82) is 0 Å². The highest BCUT2D eigenvalue weighted by molar-refractivity contribution is 5.75. The molecule has 1 unspecified atom stereocenters. The van der Waals surface area contributed by atoms with Gasteiger partial charge in [-0.1, -0.05) is 17.7 Å². The molecule has 0 radical (unpaired) electrons. The van der Waals surface area contributed by atoms with Crippen molar-refractivity contribution in [2.75, 3.05) is 13.1 Å². The van der Waals surface area contributed by atoms with Gasteiger partial charge in [0.25, 0.3) is 0 Å². The van der Waals surface area contributed by atoms with E-state index in [1.165, 1.54) is 0 Å². The van der Waals surface area contributed by atoms with Gasteiger partial charge >= 0.3 is 5.97 Å². The van der Waals surface area contributed by atoms with Crippen LogP contribution in [0.15, 0.2) is 24.3 Å². The summed E-state index contributed by atoms with van der Waals surface area (Å²) in [5, 5.41) is 3.15. The van der Waals surface area contributed by atoms with Crippen molar-refractivity contribution in [3.63, 3.8) is 0 Å². The molecule has 1 heterocycles. The first-order chi connectivity index (χ1) is 7.25. The summed E-state index contributed by atoms with van der Waals surface area (Å²) in [5.74, 6) is 0.535. The maximum atomic E-state index is 11.6. The fourth-order valence-electron chi connectivity index (χ4n) is 1.66. The number of carbonyl (C=O) groups is 1. The van der Waals surface area contributed by atoms with Gasteiger partial charge in [-0.05, 0) is 32.0 Å². The molecule has 3 nitrogen and oxygen atoms in total. The fraction of sp³-hybridized carbons (Fsp3) is 0.417. The molecule has 3 heteroatoms. The highest BCUT2D eigenvalue weighted by atomic mass is 16.5. The largest absolute Gasteiger partial charge is 0.426 e. The number of carbonyl (C=O) groups excluding carboxylic acids is 1. The van der Waals surface area contributed by atoms with Gasteiger partial charge in [0.05, 0.1) is 5.92 Å². The third kappa shape index (κ3) is 2.57. The molecule has 2 rings (SSSR count). The maximum Gasteiger partial charge on any atom is 0.315 e. The van der Waals surface area contributed by atoms with Crippen molar-refractivity contribution in [2.45, 2.75) is 13.3 Å². The molecule has 1 aliphatic rings. The Morgan fingerprint density at radius 2 is 2.13 bits per heavy atom. The third-order valence-corrected chi connectivity index (χ3v) is 2.63. The van der Waals surface area contributed by atoms with Gasteiger partial charge in [0, 0.05) is 6.54 Å². The molecule has 0 saturated carbocycles. The second kappa shape index (κ2) is 4.45. The molecule has 1 aromatic carbocycles. The summed E-state index contributed by atoms with van der Waals surface area (Å²) in [7, 11) is 0. The lowest BCUT2D eigenvalue weighted by Gasteiger charge is -2.08. The molecule has 1 N–H and O–H groups in total. The van der Waals surface area contributed by atoms with Gasteiger partial charge in [-0.3, -0.25) is 4.79 Å². The van der Waals surface area contributed by atoms with Crippen LogP contribution < -0.4 is 10.1 Å². The SMILES string of the molecule is Cc1ccc(OC(=O)C2CCNC2)cc1. The highest BCUT2D eigenvalue weighted by Crippen LogP contribution is 2.15. The van der Waals surface area contributed by atoms with Crippen LogP contribution in [0.4, 0.5) is 0 Å². The number of aryl methyl sites for hydroxylation is 1. The van der Waals surface area contributed by atoms with Crippen LogP contribution in [-0.2, 0) is 4.79 Å². The number of hydrogen-bond donors (Lipinski definition) is 1. The van der Waals surface area contributed by atoms with E-state index in [2.05, 4.69) is 5.32 Å². The van der Waals surface area contributed by atoms with E-state index < -0.39 is 0 Å². The lowest BCUT2D eigenvalue weighted by atomic mass is 10.1. The molecule has 0 aliphatic carbocycles. The van der Waals surface area contributed by atoms with Gasteiger partial charge < -0.3 is 10.1 Å². The molecular weight excluding hydrogens is 190 g/mol. The number of nitrogens with one attached hydrogen (secondary N) is 1. The third-order valence-electron chi connectivity index (χ3n) is 2.63. The predicted octanol–water partition coefficient (Wildman–Crippen LogP) is 1.51. The van der Waals surface area contributed by atoms with E-state index in [1.54, 1.807) is 0 Å². The highest BCUT2D eigenvalue weighted by Gasteiger charge is 2.24. The summed E-state index contributed by atoms with van der Waals surface area (Å²) < 4.78 is 5.27. The number of rotatable bonds is 2. The fourth-order valence-corrected chi connectivity index (χ4v) is 1.66. The minimum atomic E-state index is -0.121. The van der Waals surface area contributed by atoms with Crippen LogP contribution >= 0.6 is 0 Å². The molecule has 1 atom stereocenters. The topological polar surface area (TPSA) is 38.3 Å². The van der Waals surface area contributed by atoms with Crippen molar-refractivity contribution in [3.05, 3.63) is 29.8 Å². The normalized spacial score (nSPS) is 20.2. The van der Waals surface area contributed by atoms with Crippen molar-refractivity contribution in [1.82, 2.24) is 5.32 Å². The zero-order chi connectivity index (χ0) is 10.7. The standard InChI is InChI=1S/C12H15NO2/c1-9-2-4-11(5-3-9)15-12(14)10-6-7-13-8-10/h2-5,10,13H,6-8H2,1H3. The summed E-state index contributed by atoms with van der Waals surface area (Å²) in [6.07, 6.45) is 0.880. The number of benzene rings is 1. The molecule has 0 amide bonds. The van der Waals surface area contributed by atoms with Crippen molar-refractivity contribution < 1.29 is 9.53 Å². The number of esters is 1. The summed E-state index contributed by atoms with van der Waals surface area (Å²) in [4.78, 5) is 11.6. The molecule has 1 aromatic rings. The van der Waals surface area contributed by atoms with E-state index in [1.807, 2.05) is 31.2 Å². The van der Waals surface area contributed by atoms with Crippen LogP contribution in [0.25, 0.3) is 0 Å². The maximum absolute atomic E-state index is 11.6. The molecule has 1 saturated heterocycles. The molecule has 1 fully saturated rings. The summed E-state index contributed by atoms with van der Waals surface area (Å²) in [5.41, 5.74) is 1.16. The van der Waals surface area contributed by atoms with Gasteiger partial charge in [-0.15, -0.1) is 0 Å². The Morgan fingerprint density at radius 3 is 2.73 bits per heavy atom. The Balaban J connectivity index is 1.96. The average molecular weight is 205 g/mol. The van der Waals surface area contributed by atoms with E-state index >= 15 is 0 Å². The van der Waals surface area contributed by atoms with E-state index in [4.69, 9.17) is 4.74 Å². The Kier molecular flexibility index (Phi) is 3.02. The smallest absolute Gasteiger partial charge is 0.315 e. The van der Waals surface area contributed by atoms with Gasteiger partial charge in [-0.25, -0.2) is 0 Å². The average Bonchev–Trinajstić information content (AvgIpc) is 2.74. The van der Waals surface area contributed by atoms with Crippen LogP contribution in [0.2, 0.25) is 0 Å². The van der Waals surface area contributed by atoms with Crippen LogP contribution in [0.5, 0.6) is 5.75 Å². The van der Waals surface area contributed by atoms with E-state index in [0.717, 1.165) is 25.1 Å². The van der Waals surface area contributed by atoms with Gasteiger partial charge in [0.1, 0.15) is 5.75 Å². The number of ether oxygens (including phenoxy) is 1. The Morgan fingerprint density at radius 1 is 1.40 bits per heavy atom. The van der Waals surface area contributed by atoms with Gasteiger partial charge in [0.15, 0.2) is 0 Å². The van der Waals surface area contributed by atoms with Crippen LogP contribution in [0.1, 0.15) is 12.0 Å².